The molecule has 1 aromatic heterocycles. The number of hydrogen-bond donors (Lipinski definition) is 2. The molecule has 2 fully saturated rings. The molecule has 28 heavy (non-hydrogen) atoms. The molecule has 1 aromatic carbocycles. The topological polar surface area (TPSA) is 68.2 Å². The summed E-state index contributed by atoms with van der Waals surface area (Å²) in [4.78, 5) is 13.1. The first-order chi connectivity index (χ1) is 13.1. The van der Waals surface area contributed by atoms with Crippen molar-refractivity contribution < 1.29 is 9.53 Å². The van der Waals surface area contributed by atoms with E-state index in [9.17, 15) is 4.79 Å². The van der Waals surface area contributed by atoms with E-state index < -0.39 is 0 Å². The molecule has 0 aliphatic carbocycles. The smallest absolute Gasteiger partial charge is 0.225 e. The van der Waals surface area contributed by atoms with Gasteiger partial charge in [-0.1, -0.05) is 29.8 Å². The normalized spacial score (nSPS) is 27.2. The highest BCUT2D eigenvalue weighted by molar-refractivity contribution is 5.85. The number of hydrogen-bond acceptors (Lipinski definition) is 4. The molecule has 2 aliphatic heterocycles. The van der Waals surface area contributed by atoms with Crippen LogP contribution in [0.1, 0.15) is 41.6 Å². The third kappa shape index (κ3) is 4.40. The van der Waals surface area contributed by atoms with E-state index in [1.165, 1.54) is 5.56 Å². The zero-order chi connectivity index (χ0) is 18.8. The van der Waals surface area contributed by atoms with E-state index in [1.54, 1.807) is 4.68 Å². The molecular weight excluding hydrogens is 376 g/mol. The maximum absolute atomic E-state index is 13.1. The van der Waals surface area contributed by atoms with Crippen LogP contribution in [0, 0.1) is 12.8 Å². The van der Waals surface area contributed by atoms with Gasteiger partial charge in [0.25, 0.3) is 0 Å². The van der Waals surface area contributed by atoms with Gasteiger partial charge in [-0.15, -0.1) is 12.4 Å². The molecule has 1 amide bonds. The van der Waals surface area contributed by atoms with Crippen molar-refractivity contribution in [3.63, 3.8) is 0 Å². The molecule has 3 heterocycles. The molecule has 152 valence electrons. The molecule has 2 N–H and O–H groups in total. The molecule has 2 saturated heterocycles. The van der Waals surface area contributed by atoms with Crippen molar-refractivity contribution in [1.82, 2.24) is 20.4 Å². The largest absolute Gasteiger partial charge is 0.371 e. The minimum atomic E-state index is -0.0745. The zero-order valence-corrected chi connectivity index (χ0v) is 17.2. The monoisotopic (exact) mass is 404 g/mol. The van der Waals surface area contributed by atoms with Gasteiger partial charge in [0.2, 0.25) is 5.91 Å². The van der Waals surface area contributed by atoms with Gasteiger partial charge in [0.05, 0.1) is 18.2 Å². The van der Waals surface area contributed by atoms with E-state index in [2.05, 4.69) is 46.9 Å². The van der Waals surface area contributed by atoms with Crippen molar-refractivity contribution in [2.45, 2.75) is 37.8 Å². The number of aromatic nitrogens is 2. The third-order valence-electron chi connectivity index (χ3n) is 5.76. The number of amides is 1. The summed E-state index contributed by atoms with van der Waals surface area (Å²) >= 11 is 0. The van der Waals surface area contributed by atoms with Crippen molar-refractivity contribution in [3.8, 4) is 0 Å². The van der Waals surface area contributed by atoms with Gasteiger partial charge >= 0.3 is 0 Å². The first-order valence-corrected chi connectivity index (χ1v) is 9.79. The Labute approximate surface area is 172 Å². The van der Waals surface area contributed by atoms with E-state index in [1.807, 2.05) is 19.4 Å². The first-order valence-electron chi connectivity index (χ1n) is 9.79. The predicted molar refractivity (Wildman–Crippen MR) is 111 cm³/mol. The molecule has 2 unspecified atom stereocenters. The number of aryl methyl sites for hydroxylation is 2. The number of benzene rings is 1. The standard InChI is InChI=1S/C21H28N4O2.ClH/c1-14-5-7-15(8-6-14)20-19(4-3-9-27-20)24-21(26)18-12-22-11-17(18)16-10-23-25(2)13-16;/h5-8,10,13,17-20,22H,3-4,9,11-12H2,1-2H3,(H,24,26);1H/t17-,18+,19?,20?;/m1./s1. The Kier molecular flexibility index (Phi) is 6.75. The summed E-state index contributed by atoms with van der Waals surface area (Å²) in [6.45, 7) is 4.34. The lowest BCUT2D eigenvalue weighted by molar-refractivity contribution is -0.128. The maximum Gasteiger partial charge on any atom is 0.225 e. The minimum Gasteiger partial charge on any atom is -0.371 e. The van der Waals surface area contributed by atoms with Crippen LogP contribution in [0.5, 0.6) is 0 Å². The number of carbonyl (C=O) groups is 1. The quantitative estimate of drug-likeness (QED) is 0.821. The Balaban J connectivity index is 0.00000225. The van der Waals surface area contributed by atoms with Gasteiger partial charge in [0.1, 0.15) is 6.10 Å². The average Bonchev–Trinajstić information content (AvgIpc) is 3.32. The molecular formula is C21H29ClN4O2. The summed E-state index contributed by atoms with van der Waals surface area (Å²) in [6, 6.07) is 8.45. The summed E-state index contributed by atoms with van der Waals surface area (Å²) in [5, 5.41) is 10.9. The highest BCUT2D eigenvalue weighted by Gasteiger charge is 2.37. The Hall–Kier alpha value is -1.89. The van der Waals surface area contributed by atoms with E-state index in [-0.39, 0.29) is 42.3 Å². The van der Waals surface area contributed by atoms with Crippen molar-refractivity contribution in [3.05, 3.63) is 53.3 Å². The SMILES string of the molecule is Cc1ccc(C2OCCCC2NC(=O)[C@H]2CNC[C@@H]2c2cnn(C)c2)cc1.Cl. The van der Waals surface area contributed by atoms with Gasteiger partial charge in [-0.2, -0.15) is 5.10 Å². The number of nitrogens with zero attached hydrogens (tertiary/aromatic N) is 2. The molecule has 0 saturated carbocycles. The van der Waals surface area contributed by atoms with E-state index in [0.29, 0.717) is 6.54 Å². The second-order valence-electron chi connectivity index (χ2n) is 7.78. The molecule has 4 rings (SSSR count). The lowest BCUT2D eigenvalue weighted by Crippen LogP contribution is -2.46. The fourth-order valence-electron chi connectivity index (χ4n) is 4.24. The molecule has 0 radical (unpaired) electrons. The minimum absolute atomic E-state index is 0. The Morgan fingerprint density at radius 3 is 2.75 bits per heavy atom. The zero-order valence-electron chi connectivity index (χ0n) is 16.4. The molecule has 2 aromatic rings. The van der Waals surface area contributed by atoms with Crippen molar-refractivity contribution in [2.75, 3.05) is 19.7 Å². The maximum atomic E-state index is 13.1. The van der Waals surface area contributed by atoms with E-state index >= 15 is 0 Å². The lowest BCUT2D eigenvalue weighted by atomic mass is 9.89. The second kappa shape index (κ2) is 9.07. The molecule has 7 heteroatoms. The Morgan fingerprint density at radius 1 is 1.25 bits per heavy atom. The second-order valence-corrected chi connectivity index (χ2v) is 7.78. The van der Waals surface area contributed by atoms with Crippen LogP contribution >= 0.6 is 12.4 Å². The average molecular weight is 405 g/mol. The van der Waals surface area contributed by atoms with Crippen molar-refractivity contribution in [2.24, 2.45) is 13.0 Å². The summed E-state index contributed by atoms with van der Waals surface area (Å²) in [5.41, 5.74) is 3.49. The van der Waals surface area contributed by atoms with Crippen LogP contribution in [-0.2, 0) is 16.6 Å². The molecule has 6 nitrogen and oxygen atoms in total. The fraction of sp³-hybridized carbons (Fsp3) is 0.524. The Morgan fingerprint density at radius 2 is 2.04 bits per heavy atom. The van der Waals surface area contributed by atoms with Crippen molar-refractivity contribution in [1.29, 1.82) is 0 Å². The van der Waals surface area contributed by atoms with Crippen LogP contribution in [-0.4, -0.2) is 41.4 Å². The number of nitrogens with one attached hydrogen (secondary N) is 2. The summed E-state index contributed by atoms with van der Waals surface area (Å²) in [6.07, 6.45) is 5.73. The van der Waals surface area contributed by atoms with Crippen LogP contribution in [0.25, 0.3) is 0 Å². The number of ether oxygens (including phenoxy) is 1. The van der Waals surface area contributed by atoms with Gasteiger partial charge in [0, 0.05) is 38.9 Å². The number of halogens is 1. The number of carbonyl (C=O) groups excluding carboxylic acids is 1. The highest BCUT2D eigenvalue weighted by Crippen LogP contribution is 2.31. The van der Waals surface area contributed by atoms with Crippen molar-refractivity contribution >= 4 is 18.3 Å². The van der Waals surface area contributed by atoms with Crippen LogP contribution in [0.4, 0.5) is 0 Å². The molecule has 0 spiro atoms. The van der Waals surface area contributed by atoms with Gasteiger partial charge < -0.3 is 15.4 Å². The van der Waals surface area contributed by atoms with E-state index in [4.69, 9.17) is 4.74 Å². The van der Waals surface area contributed by atoms with Gasteiger partial charge in [-0.25, -0.2) is 0 Å². The summed E-state index contributed by atoms with van der Waals surface area (Å²) in [7, 11) is 1.91. The summed E-state index contributed by atoms with van der Waals surface area (Å²) < 4.78 is 7.85. The Bertz CT molecular complexity index is 792. The van der Waals surface area contributed by atoms with Crippen LogP contribution in [0.15, 0.2) is 36.7 Å². The first kappa shape index (κ1) is 20.8. The van der Waals surface area contributed by atoms with Crippen LogP contribution in [0.2, 0.25) is 0 Å². The number of rotatable bonds is 4. The van der Waals surface area contributed by atoms with E-state index in [0.717, 1.165) is 37.1 Å². The van der Waals surface area contributed by atoms with Crippen LogP contribution in [0.3, 0.4) is 0 Å². The van der Waals surface area contributed by atoms with Crippen LogP contribution < -0.4 is 10.6 Å². The highest BCUT2D eigenvalue weighted by atomic mass is 35.5. The fourth-order valence-corrected chi connectivity index (χ4v) is 4.24. The van der Waals surface area contributed by atoms with Gasteiger partial charge in [0.15, 0.2) is 0 Å². The molecule has 4 atom stereocenters. The predicted octanol–water partition coefficient (Wildman–Crippen LogP) is 2.49. The molecule has 0 bridgehead atoms. The van der Waals surface area contributed by atoms with Gasteiger partial charge in [-0.05, 0) is 30.9 Å². The summed E-state index contributed by atoms with van der Waals surface area (Å²) in [5.74, 6) is 0.206. The van der Waals surface area contributed by atoms with Gasteiger partial charge in [-0.3, -0.25) is 9.48 Å². The lowest BCUT2D eigenvalue weighted by Gasteiger charge is -2.34. The molecule has 2 aliphatic rings. The third-order valence-corrected chi connectivity index (χ3v) is 5.76.